The van der Waals surface area contributed by atoms with Crippen molar-refractivity contribution < 1.29 is 28.5 Å². The highest BCUT2D eigenvalue weighted by atomic mass is 16.6. The molecular formula is C34H48N4O6. The van der Waals surface area contributed by atoms with Crippen LogP contribution < -0.4 is 5.32 Å². The molecule has 1 amide bonds. The van der Waals surface area contributed by atoms with Gasteiger partial charge in [-0.15, -0.1) is 0 Å². The number of ether oxygens (including phenoxy) is 4. The second kappa shape index (κ2) is 20.5. The molecule has 0 saturated carbocycles. The van der Waals surface area contributed by atoms with Crippen LogP contribution in [-0.2, 0) is 41.8 Å². The average molecular weight is 609 g/mol. The highest BCUT2D eigenvalue weighted by molar-refractivity contribution is 5.81. The molecule has 3 rings (SSSR count). The maximum Gasteiger partial charge on any atom is 0.303 e. The van der Waals surface area contributed by atoms with Crippen LogP contribution in [0.5, 0.6) is 0 Å². The molecule has 0 unspecified atom stereocenters. The Morgan fingerprint density at radius 1 is 0.864 bits per heavy atom. The lowest BCUT2D eigenvalue weighted by Crippen LogP contribution is -2.50. The van der Waals surface area contributed by atoms with Gasteiger partial charge in [0.25, 0.3) is 5.91 Å². The third-order valence-corrected chi connectivity index (χ3v) is 7.64. The van der Waals surface area contributed by atoms with Crippen LogP contribution in [-0.4, -0.2) is 49.1 Å². The summed E-state index contributed by atoms with van der Waals surface area (Å²) in [5.74, 6) is -0.948. The minimum atomic E-state index is -1.19. The average Bonchev–Trinajstić information content (AvgIpc) is 3.35. The number of hydrogen-bond donors (Lipinski definition) is 1. The highest BCUT2D eigenvalue weighted by Crippen LogP contribution is 2.32. The van der Waals surface area contributed by atoms with Gasteiger partial charge in [-0.1, -0.05) is 130 Å². The van der Waals surface area contributed by atoms with Gasteiger partial charge in [0.2, 0.25) is 0 Å². The van der Waals surface area contributed by atoms with Crippen molar-refractivity contribution in [2.75, 3.05) is 6.54 Å². The quantitative estimate of drug-likeness (QED) is 0.0526. The van der Waals surface area contributed by atoms with Gasteiger partial charge in [0.15, 0.2) is 18.4 Å². The molecule has 2 aromatic rings. The van der Waals surface area contributed by atoms with Crippen molar-refractivity contribution in [3.63, 3.8) is 0 Å². The molecule has 5 atom stereocenters. The van der Waals surface area contributed by atoms with E-state index < -0.39 is 36.6 Å². The highest BCUT2D eigenvalue weighted by Gasteiger charge is 2.52. The molecule has 1 saturated heterocycles. The number of rotatable bonds is 21. The number of carbonyl (C=O) groups is 2. The first-order valence-electron chi connectivity index (χ1n) is 16.0. The van der Waals surface area contributed by atoms with E-state index in [2.05, 4.69) is 22.3 Å². The summed E-state index contributed by atoms with van der Waals surface area (Å²) in [5.41, 5.74) is 11.0. The Balaban J connectivity index is 1.68. The number of amides is 1. The van der Waals surface area contributed by atoms with E-state index in [1.807, 2.05) is 60.7 Å². The van der Waals surface area contributed by atoms with E-state index in [1.54, 1.807) is 0 Å². The lowest BCUT2D eigenvalue weighted by molar-refractivity contribution is -0.158. The summed E-state index contributed by atoms with van der Waals surface area (Å²) >= 11 is 0. The summed E-state index contributed by atoms with van der Waals surface area (Å²) in [6.07, 6.45) is 6.68. The molecular weight excluding hydrogens is 560 g/mol. The number of carbonyl (C=O) groups excluding carboxylic acids is 2. The second-order valence-electron chi connectivity index (χ2n) is 11.2. The Hall–Kier alpha value is -3.43. The first kappa shape index (κ1) is 35.1. The van der Waals surface area contributed by atoms with Gasteiger partial charge in [0.1, 0.15) is 12.2 Å². The topological polar surface area (TPSA) is 132 Å². The van der Waals surface area contributed by atoms with Crippen LogP contribution in [0.4, 0.5) is 0 Å². The van der Waals surface area contributed by atoms with E-state index in [-0.39, 0.29) is 19.1 Å². The predicted octanol–water partition coefficient (Wildman–Crippen LogP) is 7.16. The molecule has 2 aromatic carbocycles. The van der Waals surface area contributed by atoms with Crippen LogP contribution in [0, 0.1) is 0 Å². The minimum absolute atomic E-state index is 0.146. The van der Waals surface area contributed by atoms with Crippen LogP contribution in [0.15, 0.2) is 65.8 Å². The number of benzene rings is 2. The normalized spacial score (nSPS) is 20.0. The van der Waals surface area contributed by atoms with Crippen molar-refractivity contribution in [2.24, 2.45) is 5.11 Å². The SMILES string of the molecule is CCCCCCCCCCCCNC(=O)[C@@H](OCc1ccccc1)[C@H]1O[C@@H](N=[N+]=[N-])[C@H](OC(C)=O)[C@H]1OCc1ccccc1. The molecule has 0 spiro atoms. The Labute approximate surface area is 261 Å². The van der Waals surface area contributed by atoms with Crippen molar-refractivity contribution in [3.8, 4) is 0 Å². The number of hydrogen-bond acceptors (Lipinski definition) is 7. The van der Waals surface area contributed by atoms with Gasteiger partial charge in [0, 0.05) is 18.4 Å². The van der Waals surface area contributed by atoms with Gasteiger partial charge < -0.3 is 24.3 Å². The second-order valence-corrected chi connectivity index (χ2v) is 11.2. The van der Waals surface area contributed by atoms with E-state index in [0.29, 0.717) is 6.54 Å². The third-order valence-electron chi connectivity index (χ3n) is 7.64. The Bertz CT molecular complexity index is 1140. The number of nitrogens with zero attached hydrogens (tertiary/aromatic N) is 3. The molecule has 0 aliphatic carbocycles. The molecule has 0 bridgehead atoms. The molecule has 0 radical (unpaired) electrons. The van der Waals surface area contributed by atoms with Gasteiger partial charge in [-0.05, 0) is 23.1 Å². The van der Waals surface area contributed by atoms with Crippen molar-refractivity contribution in [3.05, 3.63) is 82.2 Å². The first-order valence-corrected chi connectivity index (χ1v) is 16.0. The van der Waals surface area contributed by atoms with E-state index in [4.69, 9.17) is 18.9 Å². The largest absolute Gasteiger partial charge is 0.457 e. The zero-order valence-electron chi connectivity index (χ0n) is 26.1. The molecule has 1 aliphatic heterocycles. The van der Waals surface area contributed by atoms with Gasteiger partial charge in [-0.25, -0.2) is 0 Å². The molecule has 1 N–H and O–H groups in total. The lowest BCUT2D eigenvalue weighted by atomic mass is 10.0. The maximum atomic E-state index is 13.6. The van der Waals surface area contributed by atoms with Crippen molar-refractivity contribution >= 4 is 11.9 Å². The van der Waals surface area contributed by atoms with Gasteiger partial charge in [-0.2, -0.15) is 0 Å². The molecule has 10 nitrogen and oxygen atoms in total. The van der Waals surface area contributed by atoms with E-state index in [0.717, 1.165) is 30.4 Å². The number of azide groups is 1. The zero-order valence-corrected chi connectivity index (χ0v) is 26.1. The Morgan fingerprint density at radius 2 is 1.43 bits per heavy atom. The van der Waals surface area contributed by atoms with E-state index in [9.17, 15) is 15.1 Å². The van der Waals surface area contributed by atoms with Crippen LogP contribution in [0.2, 0.25) is 0 Å². The van der Waals surface area contributed by atoms with E-state index >= 15 is 0 Å². The lowest BCUT2D eigenvalue weighted by Gasteiger charge is -2.28. The molecule has 0 aromatic heterocycles. The molecule has 1 fully saturated rings. The Kier molecular flexibility index (Phi) is 16.3. The predicted molar refractivity (Wildman–Crippen MR) is 168 cm³/mol. The summed E-state index contributed by atoms with van der Waals surface area (Å²) in [4.78, 5) is 28.6. The summed E-state index contributed by atoms with van der Waals surface area (Å²) in [5, 5.41) is 6.73. The van der Waals surface area contributed by atoms with Crippen LogP contribution in [0.3, 0.4) is 0 Å². The zero-order chi connectivity index (χ0) is 31.4. The van der Waals surface area contributed by atoms with Crippen LogP contribution >= 0.6 is 0 Å². The fraction of sp³-hybridized carbons (Fsp3) is 0.588. The van der Waals surface area contributed by atoms with Gasteiger partial charge in [-0.3, -0.25) is 9.59 Å². The van der Waals surface area contributed by atoms with Crippen LogP contribution in [0.25, 0.3) is 10.4 Å². The molecule has 1 aliphatic rings. The summed E-state index contributed by atoms with van der Waals surface area (Å²) in [6.45, 7) is 4.30. The maximum absolute atomic E-state index is 13.6. The summed E-state index contributed by atoms with van der Waals surface area (Å²) in [7, 11) is 0. The van der Waals surface area contributed by atoms with Gasteiger partial charge in [0.05, 0.1) is 13.2 Å². The number of esters is 1. The van der Waals surface area contributed by atoms with E-state index in [1.165, 1.54) is 51.9 Å². The number of unbranched alkanes of at least 4 members (excludes halogenated alkanes) is 9. The molecule has 44 heavy (non-hydrogen) atoms. The van der Waals surface area contributed by atoms with Crippen molar-refractivity contribution in [2.45, 2.75) is 122 Å². The smallest absolute Gasteiger partial charge is 0.303 e. The summed E-state index contributed by atoms with van der Waals surface area (Å²) in [6, 6.07) is 19.0. The van der Waals surface area contributed by atoms with Crippen LogP contribution in [0.1, 0.15) is 89.2 Å². The van der Waals surface area contributed by atoms with Crippen molar-refractivity contribution in [1.29, 1.82) is 0 Å². The minimum Gasteiger partial charge on any atom is -0.457 e. The third kappa shape index (κ3) is 12.3. The van der Waals surface area contributed by atoms with Crippen molar-refractivity contribution in [1.82, 2.24) is 5.32 Å². The monoisotopic (exact) mass is 608 g/mol. The fourth-order valence-corrected chi connectivity index (χ4v) is 5.33. The standard InChI is InChI=1S/C34H48N4O6/c1-3-4-5-6-7-8-9-10-11-18-23-36-33(40)31(42-25-28-21-16-13-17-22-28)30-29(41-24-27-19-14-12-15-20-27)32(43-26(2)39)34(44-30)37-38-35/h12-17,19-22,29-32,34H,3-11,18,23-25H2,1-2H3,(H,36,40)/t29-,30-,31-,32+,34+/m0/s1. The molecule has 240 valence electrons. The van der Waals surface area contributed by atoms with Gasteiger partial charge >= 0.3 is 5.97 Å². The fourth-order valence-electron chi connectivity index (χ4n) is 5.33. The molecule has 1 heterocycles. The number of nitrogens with one attached hydrogen (secondary N) is 1. The summed E-state index contributed by atoms with van der Waals surface area (Å²) < 4.78 is 24.1. The Morgan fingerprint density at radius 3 is 2.00 bits per heavy atom. The first-order chi connectivity index (χ1) is 21.5. The molecule has 10 heteroatoms.